The van der Waals surface area contributed by atoms with E-state index in [-0.39, 0.29) is 5.82 Å². The van der Waals surface area contributed by atoms with E-state index in [0.29, 0.717) is 16.7 Å². The summed E-state index contributed by atoms with van der Waals surface area (Å²) in [5.74, 6) is 4.25. The lowest BCUT2D eigenvalue weighted by Crippen LogP contribution is -2.30. The smallest absolute Gasteiger partial charge is 0.265 e. The summed E-state index contributed by atoms with van der Waals surface area (Å²) in [6, 6.07) is 2.93. The van der Waals surface area contributed by atoms with Crippen molar-refractivity contribution in [1.29, 1.82) is 0 Å². The molecule has 0 bridgehead atoms. The van der Waals surface area contributed by atoms with Gasteiger partial charge >= 0.3 is 0 Å². The highest BCUT2D eigenvalue weighted by Gasteiger charge is 2.08. The Morgan fingerprint density at radius 2 is 1.85 bits per heavy atom. The van der Waals surface area contributed by atoms with Crippen LogP contribution in [0.25, 0.3) is 0 Å². The second kappa shape index (κ2) is 3.53. The molecular weight excluding hydrogens is 171 g/mol. The van der Waals surface area contributed by atoms with Gasteiger partial charge in [-0.25, -0.2) is 10.2 Å². The molecule has 1 aromatic rings. The van der Waals surface area contributed by atoms with Crippen LogP contribution in [-0.4, -0.2) is 5.91 Å². The summed E-state index contributed by atoms with van der Waals surface area (Å²) < 4.78 is 13.1. The predicted molar refractivity (Wildman–Crippen MR) is 47.5 cm³/mol. The van der Waals surface area contributed by atoms with E-state index in [1.165, 1.54) is 12.1 Å². The zero-order chi connectivity index (χ0) is 10.0. The lowest BCUT2D eigenvalue weighted by atomic mass is 10.1. The normalized spacial score (nSPS) is 9.85. The molecule has 3 N–H and O–H groups in total. The zero-order valence-corrected chi connectivity index (χ0v) is 7.52. The van der Waals surface area contributed by atoms with Gasteiger partial charge in [-0.2, -0.15) is 0 Å². The number of halogens is 1. The Balaban J connectivity index is 3.20. The van der Waals surface area contributed by atoms with Gasteiger partial charge in [0, 0.05) is 5.56 Å². The van der Waals surface area contributed by atoms with Crippen LogP contribution in [0.5, 0.6) is 0 Å². The third-order valence-electron chi connectivity index (χ3n) is 1.83. The summed E-state index contributed by atoms with van der Waals surface area (Å²) in [6.45, 7) is 3.21. The second-order valence-electron chi connectivity index (χ2n) is 2.90. The van der Waals surface area contributed by atoms with Crippen LogP contribution >= 0.6 is 0 Å². The van der Waals surface area contributed by atoms with E-state index >= 15 is 0 Å². The first-order valence-electron chi connectivity index (χ1n) is 3.84. The number of rotatable bonds is 1. The van der Waals surface area contributed by atoms with Gasteiger partial charge in [0.15, 0.2) is 0 Å². The molecule has 0 heterocycles. The van der Waals surface area contributed by atoms with Crippen molar-refractivity contribution in [3.63, 3.8) is 0 Å². The molecule has 0 saturated carbocycles. The highest BCUT2D eigenvalue weighted by atomic mass is 19.1. The number of nitrogens with one attached hydrogen (secondary N) is 1. The Kier molecular flexibility index (Phi) is 2.63. The van der Waals surface area contributed by atoms with Crippen LogP contribution in [0.15, 0.2) is 12.1 Å². The van der Waals surface area contributed by atoms with Gasteiger partial charge in [-0.3, -0.25) is 10.2 Å². The summed E-state index contributed by atoms with van der Waals surface area (Å²) in [6.07, 6.45) is 0. The number of nitrogens with two attached hydrogens (primary N) is 1. The van der Waals surface area contributed by atoms with Crippen LogP contribution in [0.3, 0.4) is 0 Å². The maximum atomic E-state index is 13.1. The fourth-order valence-electron chi connectivity index (χ4n) is 1.16. The van der Waals surface area contributed by atoms with Crippen molar-refractivity contribution < 1.29 is 9.18 Å². The van der Waals surface area contributed by atoms with E-state index in [4.69, 9.17) is 5.84 Å². The van der Waals surface area contributed by atoms with Crippen LogP contribution in [-0.2, 0) is 0 Å². The molecule has 0 spiro atoms. The van der Waals surface area contributed by atoms with Crippen molar-refractivity contribution in [3.8, 4) is 0 Å². The first kappa shape index (κ1) is 9.67. The molecule has 0 aliphatic rings. The molecular formula is C9H11FN2O. The minimum atomic E-state index is -0.411. The van der Waals surface area contributed by atoms with E-state index in [0.717, 1.165) is 0 Å². The number of aryl methyl sites for hydroxylation is 2. The van der Waals surface area contributed by atoms with Gasteiger partial charge in [0.05, 0.1) is 0 Å². The molecule has 0 radical (unpaired) electrons. The lowest BCUT2D eigenvalue weighted by Gasteiger charge is -2.04. The number of nitrogen functional groups attached to an aromatic ring is 1. The lowest BCUT2D eigenvalue weighted by molar-refractivity contribution is 0.0953. The number of amides is 1. The Bertz CT molecular complexity index is 326. The molecule has 1 aromatic carbocycles. The van der Waals surface area contributed by atoms with Crippen molar-refractivity contribution in [1.82, 2.24) is 5.43 Å². The first-order valence-corrected chi connectivity index (χ1v) is 3.84. The fourth-order valence-corrected chi connectivity index (χ4v) is 1.16. The van der Waals surface area contributed by atoms with E-state index in [2.05, 4.69) is 0 Å². The van der Waals surface area contributed by atoms with Crippen molar-refractivity contribution >= 4 is 5.91 Å². The number of benzene rings is 1. The Labute approximate surface area is 75.7 Å². The summed E-state index contributed by atoms with van der Waals surface area (Å²) >= 11 is 0. The maximum absolute atomic E-state index is 13.1. The number of hydrogen-bond acceptors (Lipinski definition) is 2. The predicted octanol–water partition coefficient (Wildman–Crippen LogP) is 1.05. The average Bonchev–Trinajstić information content (AvgIpc) is 2.12. The molecule has 1 amide bonds. The minimum Gasteiger partial charge on any atom is -0.290 e. The van der Waals surface area contributed by atoms with Crippen molar-refractivity contribution in [3.05, 3.63) is 34.6 Å². The molecule has 0 unspecified atom stereocenters. The van der Waals surface area contributed by atoms with E-state index in [9.17, 15) is 9.18 Å². The highest BCUT2D eigenvalue weighted by molar-refractivity contribution is 5.94. The minimum absolute atomic E-state index is 0.284. The first-order chi connectivity index (χ1) is 6.06. The summed E-state index contributed by atoms with van der Waals surface area (Å²) in [5.41, 5.74) is 3.25. The van der Waals surface area contributed by atoms with Crippen molar-refractivity contribution in [2.24, 2.45) is 5.84 Å². The van der Waals surface area contributed by atoms with Gasteiger partial charge in [-0.05, 0) is 37.1 Å². The number of hydrogen-bond donors (Lipinski definition) is 2. The number of carbonyl (C=O) groups excluding carboxylic acids is 1. The van der Waals surface area contributed by atoms with Crippen LogP contribution in [0.1, 0.15) is 21.5 Å². The van der Waals surface area contributed by atoms with E-state index in [1.54, 1.807) is 13.8 Å². The maximum Gasteiger partial charge on any atom is 0.265 e. The van der Waals surface area contributed by atoms with Crippen LogP contribution in [0.2, 0.25) is 0 Å². The summed E-state index contributed by atoms with van der Waals surface area (Å²) in [7, 11) is 0. The average molecular weight is 182 g/mol. The Morgan fingerprint density at radius 1 is 1.38 bits per heavy atom. The van der Waals surface area contributed by atoms with Crippen LogP contribution < -0.4 is 11.3 Å². The summed E-state index contributed by atoms with van der Waals surface area (Å²) in [5, 5.41) is 0. The van der Waals surface area contributed by atoms with Crippen LogP contribution in [0.4, 0.5) is 4.39 Å². The molecule has 1 rings (SSSR count). The van der Waals surface area contributed by atoms with Crippen LogP contribution in [0, 0.1) is 19.7 Å². The topological polar surface area (TPSA) is 55.1 Å². The zero-order valence-electron chi connectivity index (χ0n) is 7.52. The molecule has 13 heavy (non-hydrogen) atoms. The fraction of sp³-hybridized carbons (Fsp3) is 0.222. The molecule has 0 atom stereocenters. The van der Waals surface area contributed by atoms with Gasteiger partial charge in [-0.15, -0.1) is 0 Å². The largest absolute Gasteiger partial charge is 0.290 e. The molecule has 0 aliphatic heterocycles. The van der Waals surface area contributed by atoms with Gasteiger partial charge in [0.1, 0.15) is 5.82 Å². The molecule has 70 valence electrons. The number of hydrazine groups is 1. The van der Waals surface area contributed by atoms with Gasteiger partial charge in [0.2, 0.25) is 0 Å². The van der Waals surface area contributed by atoms with Crippen molar-refractivity contribution in [2.75, 3.05) is 0 Å². The molecule has 3 nitrogen and oxygen atoms in total. The Morgan fingerprint density at radius 3 is 2.23 bits per heavy atom. The summed E-state index contributed by atoms with van der Waals surface area (Å²) in [4.78, 5) is 11.1. The molecule has 4 heteroatoms. The number of carbonyl (C=O) groups is 1. The third-order valence-corrected chi connectivity index (χ3v) is 1.83. The van der Waals surface area contributed by atoms with E-state index in [1.807, 2.05) is 5.43 Å². The SMILES string of the molecule is Cc1cc(C(=O)NN)cc(C)c1F. The molecule has 0 aromatic heterocycles. The third kappa shape index (κ3) is 1.84. The van der Waals surface area contributed by atoms with Crippen molar-refractivity contribution in [2.45, 2.75) is 13.8 Å². The quantitative estimate of drug-likeness (QED) is 0.387. The van der Waals surface area contributed by atoms with Gasteiger partial charge in [0.25, 0.3) is 5.91 Å². The van der Waals surface area contributed by atoms with Gasteiger partial charge in [-0.1, -0.05) is 0 Å². The van der Waals surface area contributed by atoms with E-state index < -0.39 is 5.91 Å². The molecule has 0 saturated heterocycles. The standard InChI is InChI=1S/C9H11FN2O/c1-5-3-7(9(13)12-11)4-6(2)8(5)10/h3-4H,11H2,1-2H3,(H,12,13). The molecule has 0 fully saturated rings. The highest BCUT2D eigenvalue weighted by Crippen LogP contribution is 2.14. The monoisotopic (exact) mass is 182 g/mol. The molecule has 0 aliphatic carbocycles. The van der Waals surface area contributed by atoms with Gasteiger partial charge < -0.3 is 0 Å². The Hall–Kier alpha value is -1.42. The second-order valence-corrected chi connectivity index (χ2v) is 2.90.